The van der Waals surface area contributed by atoms with Gasteiger partial charge in [-0.05, 0) is 31.5 Å². The Labute approximate surface area is 137 Å². The number of hydrogen-bond acceptors (Lipinski definition) is 3. The van der Waals surface area contributed by atoms with Crippen LogP contribution in [0.5, 0.6) is 0 Å². The molecule has 5 heteroatoms. The molecule has 0 radical (unpaired) electrons. The van der Waals surface area contributed by atoms with Crippen molar-refractivity contribution >= 4 is 17.7 Å². The third-order valence-corrected chi connectivity index (χ3v) is 4.22. The summed E-state index contributed by atoms with van der Waals surface area (Å²) in [5, 5.41) is 2.95. The minimum absolute atomic E-state index is 0.0904. The molecule has 0 bridgehead atoms. The lowest BCUT2D eigenvalue weighted by Crippen LogP contribution is -2.32. The van der Waals surface area contributed by atoms with Crippen LogP contribution in [0.15, 0.2) is 18.2 Å². The number of benzene rings is 1. The molecular formula is C18H24N2O3. The molecule has 1 heterocycles. The van der Waals surface area contributed by atoms with Crippen molar-refractivity contribution in [2.45, 2.75) is 52.0 Å². The number of rotatable bonds is 7. The maximum absolute atomic E-state index is 12.3. The Hall–Kier alpha value is -2.17. The van der Waals surface area contributed by atoms with E-state index in [9.17, 15) is 14.4 Å². The van der Waals surface area contributed by atoms with E-state index in [2.05, 4.69) is 12.2 Å². The summed E-state index contributed by atoms with van der Waals surface area (Å²) in [6.07, 6.45) is 5.62. The van der Waals surface area contributed by atoms with Crippen molar-refractivity contribution < 1.29 is 14.4 Å². The highest BCUT2D eigenvalue weighted by atomic mass is 16.2. The molecule has 0 unspecified atom stereocenters. The van der Waals surface area contributed by atoms with Gasteiger partial charge in [0.1, 0.15) is 0 Å². The van der Waals surface area contributed by atoms with Gasteiger partial charge in [0.05, 0.1) is 11.1 Å². The van der Waals surface area contributed by atoms with Crippen LogP contribution in [0.3, 0.4) is 0 Å². The van der Waals surface area contributed by atoms with Gasteiger partial charge in [-0.15, -0.1) is 0 Å². The van der Waals surface area contributed by atoms with Crippen molar-refractivity contribution in [3.8, 4) is 0 Å². The molecule has 3 amide bonds. The zero-order valence-electron chi connectivity index (χ0n) is 14.0. The summed E-state index contributed by atoms with van der Waals surface area (Å²) in [6.45, 7) is 4.15. The standard InChI is InChI=1S/C18H24N2O3/c1-4-5-6-7-8-12(2)19-16(21)13-9-10-14-15(11-13)18(23)20(3)17(14)22/h9-12H,4-8H2,1-3H3,(H,19,21)/t12-/m1/s1. The van der Waals surface area contributed by atoms with Gasteiger partial charge >= 0.3 is 0 Å². The number of nitrogens with one attached hydrogen (secondary N) is 1. The van der Waals surface area contributed by atoms with E-state index >= 15 is 0 Å². The molecule has 1 aliphatic rings. The first kappa shape index (κ1) is 17.2. The molecule has 124 valence electrons. The second kappa shape index (κ2) is 7.40. The predicted octanol–water partition coefficient (Wildman–Crippen LogP) is 3.00. The lowest BCUT2D eigenvalue weighted by molar-refractivity contribution is 0.0693. The SMILES string of the molecule is CCCCCC[C@@H](C)NC(=O)c1ccc2c(c1)C(=O)N(C)C2=O. The number of imide groups is 1. The molecule has 2 rings (SSSR count). The van der Waals surface area contributed by atoms with E-state index in [4.69, 9.17) is 0 Å². The van der Waals surface area contributed by atoms with Crippen LogP contribution < -0.4 is 5.32 Å². The summed E-state index contributed by atoms with van der Waals surface area (Å²) in [5.74, 6) is -0.876. The smallest absolute Gasteiger partial charge is 0.261 e. The molecule has 23 heavy (non-hydrogen) atoms. The van der Waals surface area contributed by atoms with Crippen LogP contribution in [0.25, 0.3) is 0 Å². The molecule has 0 spiro atoms. The van der Waals surface area contributed by atoms with Crippen LogP contribution in [0.2, 0.25) is 0 Å². The van der Waals surface area contributed by atoms with E-state index in [-0.39, 0.29) is 23.8 Å². The quantitative estimate of drug-likeness (QED) is 0.621. The van der Waals surface area contributed by atoms with E-state index in [0.717, 1.165) is 17.7 Å². The monoisotopic (exact) mass is 316 g/mol. The fourth-order valence-electron chi connectivity index (χ4n) is 2.76. The molecule has 1 aromatic rings. The normalized spacial score (nSPS) is 14.8. The van der Waals surface area contributed by atoms with Crippen molar-refractivity contribution in [3.63, 3.8) is 0 Å². The van der Waals surface area contributed by atoms with Gasteiger partial charge in [-0.2, -0.15) is 0 Å². The average molecular weight is 316 g/mol. The molecular weight excluding hydrogens is 292 g/mol. The van der Waals surface area contributed by atoms with Crippen LogP contribution >= 0.6 is 0 Å². The minimum Gasteiger partial charge on any atom is -0.350 e. The molecule has 1 aliphatic heterocycles. The molecule has 0 saturated heterocycles. The molecule has 1 N–H and O–H groups in total. The third-order valence-electron chi connectivity index (χ3n) is 4.22. The summed E-state index contributed by atoms with van der Waals surface area (Å²) in [7, 11) is 1.45. The first-order valence-electron chi connectivity index (χ1n) is 8.23. The number of unbranched alkanes of at least 4 members (excludes halogenated alkanes) is 3. The summed E-state index contributed by atoms with van der Waals surface area (Å²) in [6, 6.07) is 4.76. The van der Waals surface area contributed by atoms with Gasteiger partial charge in [-0.3, -0.25) is 19.3 Å². The lowest BCUT2D eigenvalue weighted by atomic mass is 10.0. The topological polar surface area (TPSA) is 66.5 Å². The summed E-state index contributed by atoms with van der Waals surface area (Å²) in [5.41, 5.74) is 1.09. The Morgan fingerprint density at radius 2 is 1.83 bits per heavy atom. The molecule has 0 aromatic heterocycles. The van der Waals surface area contributed by atoms with E-state index in [1.165, 1.54) is 32.4 Å². The Kier molecular flexibility index (Phi) is 5.53. The number of amides is 3. The Bertz CT molecular complexity index is 625. The van der Waals surface area contributed by atoms with Gasteiger partial charge in [0.15, 0.2) is 0 Å². The lowest BCUT2D eigenvalue weighted by Gasteiger charge is -2.14. The largest absolute Gasteiger partial charge is 0.350 e. The summed E-state index contributed by atoms with van der Waals surface area (Å²) >= 11 is 0. The summed E-state index contributed by atoms with van der Waals surface area (Å²) < 4.78 is 0. The maximum atomic E-state index is 12.3. The van der Waals surface area contributed by atoms with E-state index in [1.807, 2.05) is 6.92 Å². The van der Waals surface area contributed by atoms with E-state index in [0.29, 0.717) is 16.7 Å². The first-order valence-corrected chi connectivity index (χ1v) is 8.23. The van der Waals surface area contributed by atoms with Gasteiger partial charge in [-0.1, -0.05) is 32.6 Å². The molecule has 5 nitrogen and oxygen atoms in total. The zero-order valence-corrected chi connectivity index (χ0v) is 14.0. The van der Waals surface area contributed by atoms with Gasteiger partial charge in [-0.25, -0.2) is 0 Å². The van der Waals surface area contributed by atoms with Gasteiger partial charge in [0, 0.05) is 18.7 Å². The highest BCUT2D eigenvalue weighted by molar-refractivity contribution is 6.21. The molecule has 0 saturated carbocycles. The Morgan fingerprint density at radius 3 is 2.52 bits per heavy atom. The Morgan fingerprint density at radius 1 is 1.13 bits per heavy atom. The zero-order chi connectivity index (χ0) is 17.0. The predicted molar refractivity (Wildman–Crippen MR) is 88.6 cm³/mol. The van der Waals surface area contributed by atoms with Crippen LogP contribution in [0, 0.1) is 0 Å². The fourth-order valence-corrected chi connectivity index (χ4v) is 2.76. The number of hydrogen-bond donors (Lipinski definition) is 1. The van der Waals surface area contributed by atoms with Gasteiger partial charge in [0.2, 0.25) is 0 Å². The van der Waals surface area contributed by atoms with Crippen molar-refractivity contribution in [1.82, 2.24) is 10.2 Å². The van der Waals surface area contributed by atoms with Crippen molar-refractivity contribution in [1.29, 1.82) is 0 Å². The van der Waals surface area contributed by atoms with Crippen LogP contribution in [0.1, 0.15) is 77.0 Å². The second-order valence-corrected chi connectivity index (χ2v) is 6.15. The number of carbonyl (C=O) groups is 3. The third kappa shape index (κ3) is 3.78. The molecule has 0 aliphatic carbocycles. The highest BCUT2D eigenvalue weighted by Gasteiger charge is 2.33. The van der Waals surface area contributed by atoms with Crippen molar-refractivity contribution in [2.24, 2.45) is 0 Å². The second-order valence-electron chi connectivity index (χ2n) is 6.15. The Balaban J connectivity index is 1.99. The fraction of sp³-hybridized carbons (Fsp3) is 0.500. The average Bonchev–Trinajstić information content (AvgIpc) is 2.76. The highest BCUT2D eigenvalue weighted by Crippen LogP contribution is 2.22. The van der Waals surface area contributed by atoms with Crippen LogP contribution in [-0.2, 0) is 0 Å². The molecule has 1 atom stereocenters. The number of carbonyl (C=O) groups excluding carboxylic acids is 3. The van der Waals surface area contributed by atoms with Gasteiger partial charge < -0.3 is 5.32 Å². The number of fused-ring (bicyclic) bond motifs is 1. The minimum atomic E-state index is -0.354. The maximum Gasteiger partial charge on any atom is 0.261 e. The molecule has 1 aromatic carbocycles. The van der Waals surface area contributed by atoms with E-state index < -0.39 is 0 Å². The van der Waals surface area contributed by atoms with Crippen molar-refractivity contribution in [2.75, 3.05) is 7.05 Å². The van der Waals surface area contributed by atoms with E-state index in [1.54, 1.807) is 12.1 Å². The van der Waals surface area contributed by atoms with Crippen molar-refractivity contribution in [3.05, 3.63) is 34.9 Å². The van der Waals surface area contributed by atoms with Crippen LogP contribution in [-0.4, -0.2) is 35.7 Å². The van der Waals surface area contributed by atoms with Gasteiger partial charge in [0.25, 0.3) is 17.7 Å². The number of nitrogens with zero attached hydrogens (tertiary/aromatic N) is 1. The first-order chi connectivity index (χ1) is 11.0. The molecule has 0 fully saturated rings. The summed E-state index contributed by atoms with van der Waals surface area (Å²) in [4.78, 5) is 37.2. The van der Waals surface area contributed by atoms with Crippen LogP contribution in [0.4, 0.5) is 0 Å².